The Morgan fingerprint density at radius 1 is 0.792 bits per heavy atom. The van der Waals surface area contributed by atoms with Crippen LogP contribution in [0.15, 0.2) is 29.2 Å². The molecule has 0 fully saturated rings. The summed E-state index contributed by atoms with van der Waals surface area (Å²) in [5.41, 5.74) is 0. The van der Waals surface area contributed by atoms with Crippen LogP contribution in [-0.4, -0.2) is 65.3 Å². The quantitative estimate of drug-likeness (QED) is 0.144. The Hall–Kier alpha value is -0.598. The van der Waals surface area contributed by atoms with Crippen LogP contribution in [0.1, 0.15) is 1.43 Å². The van der Waals surface area contributed by atoms with Gasteiger partial charge in [-0.05, 0) is 24.3 Å². The minimum absolute atomic E-state index is 0. The van der Waals surface area contributed by atoms with Crippen molar-refractivity contribution in [1.82, 2.24) is 0 Å². The molecule has 0 amide bonds. The first-order chi connectivity index (χ1) is 10.2. The molecule has 0 radical (unpaired) electrons. The van der Waals surface area contributed by atoms with Crippen LogP contribution in [0.3, 0.4) is 0 Å². The molecule has 0 aliphatic rings. The van der Waals surface area contributed by atoms with Gasteiger partial charge >= 0.3 is 41.0 Å². The van der Waals surface area contributed by atoms with Crippen LogP contribution >= 0.6 is 0 Å². The van der Waals surface area contributed by atoms with Crippen LogP contribution in [0.5, 0.6) is 0 Å². The van der Waals surface area contributed by atoms with E-state index in [1.54, 1.807) is 0 Å². The van der Waals surface area contributed by atoms with E-state index in [0.29, 0.717) is 0 Å². The van der Waals surface area contributed by atoms with Crippen LogP contribution < -0.4 is 18.9 Å². The monoisotopic (exact) mass is 376 g/mol. The summed E-state index contributed by atoms with van der Waals surface area (Å²) in [5.74, 6) is -0.544. The van der Waals surface area contributed by atoms with Gasteiger partial charge in [-0.2, -0.15) is 8.42 Å². The zero-order valence-electron chi connectivity index (χ0n) is 12.9. The van der Waals surface area contributed by atoms with Crippen molar-refractivity contribution in [2.75, 3.05) is 0 Å². The Kier molecular flexibility index (Phi) is 22.4. The van der Waals surface area contributed by atoms with Gasteiger partial charge in [-0.15, -0.1) is 0 Å². The first-order valence-electron chi connectivity index (χ1n) is 4.93. The predicted octanol–water partition coefficient (Wildman–Crippen LogP) is -5.03. The van der Waals surface area contributed by atoms with E-state index in [1.807, 2.05) is 0 Å². The molecule has 0 aliphatic heterocycles. The third-order valence-electron chi connectivity index (χ3n) is 1.11. The van der Waals surface area contributed by atoms with Crippen molar-refractivity contribution < 1.29 is 80.7 Å². The van der Waals surface area contributed by atoms with E-state index in [-0.39, 0.29) is 25.2 Å². The summed E-state index contributed by atoms with van der Waals surface area (Å²) in [4.78, 5) is -0.307. The summed E-state index contributed by atoms with van der Waals surface area (Å²) in [5, 5.41) is 41.7. The average molecular weight is 376 g/mol. The van der Waals surface area contributed by atoms with Crippen molar-refractivity contribution in [2.45, 2.75) is 4.90 Å². The summed E-state index contributed by atoms with van der Waals surface area (Å²) in [7, 11) is -12.2. The fraction of sp³-hybridized carbons (Fsp3) is 0. The molecule has 24 heavy (non-hydrogen) atoms. The number of hydrogen-bond acceptors (Lipinski definition) is 8. The largest absolute Gasteiger partial charge is 1.00 e. The average Bonchev–Trinajstić information content (AvgIpc) is 2.25. The minimum atomic E-state index is -4.19. The van der Waals surface area contributed by atoms with E-state index in [2.05, 4.69) is 0 Å². The van der Waals surface area contributed by atoms with Gasteiger partial charge in [-0.3, -0.25) is 17.5 Å². The van der Waals surface area contributed by atoms with Crippen LogP contribution in [0.25, 0.3) is 0 Å². The van der Waals surface area contributed by atoms with E-state index in [0.717, 1.165) is 24.3 Å². The summed E-state index contributed by atoms with van der Waals surface area (Å²) in [6.45, 7) is 0. The molecule has 1 rings (SSSR count). The van der Waals surface area contributed by atoms with Gasteiger partial charge in [0.05, 0.1) is 4.90 Å². The van der Waals surface area contributed by atoms with Gasteiger partial charge in [0, 0.05) is 0 Å². The van der Waals surface area contributed by atoms with Crippen LogP contribution in [0, 0.1) is 5.82 Å². The molecule has 0 saturated carbocycles. The molecule has 134 valence electrons. The molecule has 0 atom stereocenters. The molecular formula is C6H12B3F4LiO9S. The Balaban J connectivity index is -0.0000000810. The smallest absolute Gasteiger partial charge is 1.00 e. The minimum Gasteiger partial charge on any atom is -1.00 e. The standard InChI is InChI=1S/C6H5FO3S.3BFH2O2.Li.H/c7-5-1-3-6(4-2-5)11(8,9)10;3*2-1(3)4;;/h1-4H,(H,8,9,10);3*3-4H;;/q;;;;+1;-1. The first-order valence-corrected chi connectivity index (χ1v) is 6.37. The zero-order chi connectivity index (χ0) is 19.2. The maximum absolute atomic E-state index is 12.2. The predicted molar refractivity (Wildman–Crippen MR) is 71.2 cm³/mol. The molecule has 1 aromatic rings. The number of benzene rings is 1. The van der Waals surface area contributed by atoms with Gasteiger partial charge in [-0.25, -0.2) is 4.39 Å². The molecule has 18 heteroatoms. The van der Waals surface area contributed by atoms with Gasteiger partial charge in [-0.1, -0.05) is 0 Å². The second kappa shape index (κ2) is 17.2. The molecule has 0 bridgehead atoms. The van der Waals surface area contributed by atoms with E-state index in [9.17, 15) is 25.8 Å². The Morgan fingerprint density at radius 2 is 1.00 bits per heavy atom. The van der Waals surface area contributed by atoms with Crippen molar-refractivity contribution in [2.24, 2.45) is 0 Å². The number of rotatable bonds is 1. The van der Waals surface area contributed by atoms with Crippen molar-refractivity contribution in [3.05, 3.63) is 30.1 Å². The molecule has 9 nitrogen and oxygen atoms in total. The SMILES string of the molecule is O=S(=O)(O)c1ccc(F)cc1.OB(O)F.OB(O)F.OB(O)F.[H-].[Li+]. The Labute approximate surface area is 148 Å². The molecule has 7 N–H and O–H groups in total. The van der Waals surface area contributed by atoms with Crippen LogP contribution in [-0.2, 0) is 10.1 Å². The van der Waals surface area contributed by atoms with Gasteiger partial charge in [0.1, 0.15) is 5.82 Å². The summed E-state index contributed by atoms with van der Waals surface area (Å²) in [6, 6.07) is 3.90. The molecular weight excluding hydrogens is 363 g/mol. The van der Waals surface area contributed by atoms with Gasteiger partial charge in [0.2, 0.25) is 0 Å². The van der Waals surface area contributed by atoms with Crippen LogP contribution in [0.4, 0.5) is 17.3 Å². The van der Waals surface area contributed by atoms with Gasteiger partial charge in [0.15, 0.2) is 0 Å². The van der Waals surface area contributed by atoms with Crippen molar-refractivity contribution in [3.8, 4) is 0 Å². The second-order valence-electron chi connectivity index (χ2n) is 2.86. The number of hydrogen-bond donors (Lipinski definition) is 7. The summed E-state index contributed by atoms with van der Waals surface area (Å²) >= 11 is 0. The van der Waals surface area contributed by atoms with Gasteiger partial charge < -0.3 is 31.6 Å². The van der Waals surface area contributed by atoms with E-state index in [1.165, 1.54) is 0 Å². The molecule has 0 saturated heterocycles. The summed E-state index contributed by atoms with van der Waals surface area (Å²) < 4.78 is 71.7. The Bertz CT molecular complexity index is 476. The number of halogens is 4. The fourth-order valence-electron chi connectivity index (χ4n) is 0.607. The molecule has 0 aliphatic carbocycles. The first kappa shape index (κ1) is 31.2. The van der Waals surface area contributed by atoms with Crippen LogP contribution in [0.2, 0.25) is 0 Å². The van der Waals surface area contributed by atoms with E-state index < -0.39 is 38.1 Å². The van der Waals surface area contributed by atoms with Crippen molar-refractivity contribution in [3.63, 3.8) is 0 Å². The van der Waals surface area contributed by atoms with Crippen molar-refractivity contribution in [1.29, 1.82) is 0 Å². The Morgan fingerprint density at radius 3 is 1.17 bits per heavy atom. The van der Waals surface area contributed by atoms with E-state index in [4.69, 9.17) is 34.7 Å². The fourth-order valence-corrected chi connectivity index (χ4v) is 1.09. The normalized spacial score (nSPS) is 8.62. The molecule has 0 heterocycles. The van der Waals surface area contributed by atoms with Gasteiger partial charge in [0.25, 0.3) is 10.1 Å². The zero-order valence-corrected chi connectivity index (χ0v) is 12.7. The molecule has 0 aromatic heterocycles. The molecule has 1 aromatic carbocycles. The topological polar surface area (TPSA) is 176 Å². The van der Waals surface area contributed by atoms with Crippen molar-refractivity contribution >= 4 is 32.3 Å². The maximum Gasteiger partial charge on any atom is 1.00 e. The van der Waals surface area contributed by atoms with E-state index >= 15 is 0 Å². The third-order valence-corrected chi connectivity index (χ3v) is 1.98. The molecule has 0 spiro atoms. The third kappa shape index (κ3) is 37.6. The maximum atomic E-state index is 12.2. The molecule has 0 unspecified atom stereocenters. The summed E-state index contributed by atoms with van der Waals surface area (Å²) in [6.07, 6.45) is 0. The second-order valence-corrected chi connectivity index (χ2v) is 4.28.